The van der Waals surface area contributed by atoms with Crippen molar-refractivity contribution in [1.29, 1.82) is 0 Å². The average Bonchev–Trinajstić information content (AvgIpc) is 2.56. The van der Waals surface area contributed by atoms with Crippen LogP contribution in [-0.2, 0) is 25.8 Å². The van der Waals surface area contributed by atoms with E-state index in [0.29, 0.717) is 12.1 Å². The van der Waals surface area contributed by atoms with Crippen LogP contribution in [0.1, 0.15) is 25.3 Å². The van der Waals surface area contributed by atoms with Gasteiger partial charge in [-0.3, -0.25) is 9.59 Å². The molecule has 0 radical (unpaired) electrons. The van der Waals surface area contributed by atoms with E-state index in [1.54, 1.807) is 12.1 Å². The minimum atomic E-state index is -3.84. The van der Waals surface area contributed by atoms with Crippen molar-refractivity contribution in [1.82, 2.24) is 0 Å². The number of benzene rings is 1. The SMILES string of the molecule is CC(CC(=O)O)S(=O)(=O)C1CCc2ccccc2NC1=O. The standard InChI is InChI=1S/C14H17NO5S/c1-9(8-13(16)17)21(19,20)12-7-6-10-4-2-3-5-11(10)15-14(12)18/h2-5,9,12H,6-8H2,1H3,(H,15,18)(H,16,17). The molecule has 7 heteroatoms. The van der Waals surface area contributed by atoms with Gasteiger partial charge in [0.2, 0.25) is 5.91 Å². The van der Waals surface area contributed by atoms with Crippen molar-refractivity contribution < 1.29 is 23.1 Å². The lowest BCUT2D eigenvalue weighted by Crippen LogP contribution is -2.39. The molecular formula is C14H17NO5S. The van der Waals surface area contributed by atoms with E-state index < -0.39 is 38.6 Å². The van der Waals surface area contributed by atoms with Crippen molar-refractivity contribution in [2.24, 2.45) is 0 Å². The number of anilines is 1. The molecule has 114 valence electrons. The van der Waals surface area contributed by atoms with E-state index in [0.717, 1.165) is 5.56 Å². The van der Waals surface area contributed by atoms with Crippen molar-refractivity contribution in [3.8, 4) is 0 Å². The van der Waals surface area contributed by atoms with E-state index in [2.05, 4.69) is 5.32 Å². The Kier molecular flexibility index (Phi) is 4.32. The van der Waals surface area contributed by atoms with Crippen LogP contribution in [0.5, 0.6) is 0 Å². The number of para-hydroxylation sites is 1. The van der Waals surface area contributed by atoms with Gasteiger partial charge in [0, 0.05) is 5.69 Å². The van der Waals surface area contributed by atoms with Crippen molar-refractivity contribution in [3.63, 3.8) is 0 Å². The van der Waals surface area contributed by atoms with Gasteiger partial charge in [0.25, 0.3) is 0 Å². The maximum Gasteiger partial charge on any atom is 0.304 e. The fraction of sp³-hybridized carbons (Fsp3) is 0.429. The van der Waals surface area contributed by atoms with Crippen LogP contribution in [0.3, 0.4) is 0 Å². The van der Waals surface area contributed by atoms with Gasteiger partial charge < -0.3 is 10.4 Å². The highest BCUT2D eigenvalue weighted by Gasteiger charge is 2.38. The maximum absolute atomic E-state index is 12.4. The molecule has 2 rings (SSSR count). The van der Waals surface area contributed by atoms with Gasteiger partial charge in [-0.1, -0.05) is 18.2 Å². The third-order valence-corrected chi connectivity index (χ3v) is 6.19. The van der Waals surface area contributed by atoms with Gasteiger partial charge in [0.1, 0.15) is 5.25 Å². The Hall–Kier alpha value is -1.89. The molecule has 0 saturated carbocycles. The summed E-state index contributed by atoms with van der Waals surface area (Å²) >= 11 is 0. The summed E-state index contributed by atoms with van der Waals surface area (Å²) in [7, 11) is -3.84. The number of nitrogens with one attached hydrogen (secondary N) is 1. The highest BCUT2D eigenvalue weighted by atomic mass is 32.2. The summed E-state index contributed by atoms with van der Waals surface area (Å²) in [5.74, 6) is -1.78. The monoisotopic (exact) mass is 311 g/mol. The van der Waals surface area contributed by atoms with E-state index in [4.69, 9.17) is 5.11 Å². The third kappa shape index (κ3) is 3.24. The Bertz CT molecular complexity index is 668. The van der Waals surface area contributed by atoms with Crippen LogP contribution >= 0.6 is 0 Å². The first-order chi connectivity index (χ1) is 9.82. The molecule has 0 aromatic heterocycles. The summed E-state index contributed by atoms with van der Waals surface area (Å²) < 4.78 is 24.8. The topological polar surface area (TPSA) is 101 Å². The van der Waals surface area contributed by atoms with Gasteiger partial charge in [0.05, 0.1) is 11.7 Å². The predicted molar refractivity (Wildman–Crippen MR) is 77.8 cm³/mol. The zero-order valence-corrected chi connectivity index (χ0v) is 12.4. The number of hydrogen-bond donors (Lipinski definition) is 2. The number of carbonyl (C=O) groups excluding carboxylic acids is 1. The molecule has 0 aliphatic carbocycles. The predicted octanol–water partition coefficient (Wildman–Crippen LogP) is 1.22. The van der Waals surface area contributed by atoms with E-state index in [-0.39, 0.29) is 6.42 Å². The zero-order valence-electron chi connectivity index (χ0n) is 11.6. The van der Waals surface area contributed by atoms with E-state index in [1.165, 1.54) is 6.92 Å². The lowest BCUT2D eigenvalue weighted by molar-refractivity contribution is -0.137. The molecule has 1 aliphatic rings. The molecular weight excluding hydrogens is 294 g/mol. The van der Waals surface area contributed by atoms with Gasteiger partial charge in [-0.05, 0) is 31.4 Å². The summed E-state index contributed by atoms with van der Waals surface area (Å²) in [6.07, 6.45) is 0.118. The number of rotatable bonds is 4. The van der Waals surface area contributed by atoms with Crippen molar-refractivity contribution in [2.75, 3.05) is 5.32 Å². The quantitative estimate of drug-likeness (QED) is 0.870. The molecule has 1 amide bonds. The van der Waals surface area contributed by atoms with Crippen LogP contribution in [0.15, 0.2) is 24.3 Å². The third-order valence-electron chi connectivity index (χ3n) is 3.66. The van der Waals surface area contributed by atoms with Crippen LogP contribution < -0.4 is 5.32 Å². The van der Waals surface area contributed by atoms with Crippen molar-refractivity contribution in [3.05, 3.63) is 29.8 Å². The Morgan fingerprint density at radius 3 is 2.76 bits per heavy atom. The lowest BCUT2D eigenvalue weighted by Gasteiger charge is -2.18. The number of aryl methyl sites for hydroxylation is 1. The summed E-state index contributed by atoms with van der Waals surface area (Å²) in [6, 6.07) is 7.15. The average molecular weight is 311 g/mol. The van der Waals surface area contributed by atoms with Gasteiger partial charge in [-0.2, -0.15) is 0 Å². The number of aliphatic carboxylic acids is 1. The zero-order chi connectivity index (χ0) is 15.6. The van der Waals surface area contributed by atoms with Crippen LogP contribution in [0.25, 0.3) is 0 Å². The van der Waals surface area contributed by atoms with E-state index in [1.807, 2.05) is 12.1 Å². The van der Waals surface area contributed by atoms with Crippen LogP contribution in [0, 0.1) is 0 Å². The molecule has 1 aromatic rings. The number of hydrogen-bond acceptors (Lipinski definition) is 4. The van der Waals surface area contributed by atoms with E-state index in [9.17, 15) is 18.0 Å². The highest BCUT2D eigenvalue weighted by molar-refractivity contribution is 7.93. The summed E-state index contributed by atoms with van der Waals surface area (Å²) in [5.41, 5.74) is 1.50. The molecule has 1 heterocycles. The Morgan fingerprint density at radius 1 is 1.43 bits per heavy atom. The Labute approximate surface area is 123 Å². The smallest absolute Gasteiger partial charge is 0.304 e. The normalized spacial score (nSPS) is 20.0. The number of carboxylic acids is 1. The number of carbonyl (C=O) groups is 2. The molecule has 0 spiro atoms. The van der Waals surface area contributed by atoms with Gasteiger partial charge in [-0.15, -0.1) is 0 Å². The molecule has 2 unspecified atom stereocenters. The van der Waals surface area contributed by atoms with Crippen LogP contribution in [-0.4, -0.2) is 35.9 Å². The largest absolute Gasteiger partial charge is 0.481 e. The van der Waals surface area contributed by atoms with Gasteiger partial charge in [-0.25, -0.2) is 8.42 Å². The first kappa shape index (κ1) is 15.5. The minimum absolute atomic E-state index is 0.162. The fourth-order valence-electron chi connectivity index (χ4n) is 2.45. The summed E-state index contributed by atoms with van der Waals surface area (Å²) in [6.45, 7) is 1.33. The van der Waals surface area contributed by atoms with Crippen LogP contribution in [0.4, 0.5) is 5.69 Å². The molecule has 0 fully saturated rings. The number of carboxylic acid groups (broad SMARTS) is 1. The Morgan fingerprint density at radius 2 is 2.10 bits per heavy atom. The molecule has 0 saturated heterocycles. The first-order valence-corrected chi connectivity index (χ1v) is 8.26. The number of amides is 1. The molecule has 21 heavy (non-hydrogen) atoms. The number of sulfone groups is 1. The van der Waals surface area contributed by atoms with E-state index >= 15 is 0 Å². The summed E-state index contributed by atoms with van der Waals surface area (Å²) in [5, 5.41) is 9.07. The second kappa shape index (κ2) is 5.85. The minimum Gasteiger partial charge on any atom is -0.481 e. The van der Waals surface area contributed by atoms with Crippen molar-refractivity contribution >= 4 is 27.4 Å². The molecule has 0 bridgehead atoms. The highest BCUT2D eigenvalue weighted by Crippen LogP contribution is 2.26. The number of fused-ring (bicyclic) bond motifs is 1. The molecule has 1 aliphatic heterocycles. The van der Waals surface area contributed by atoms with Crippen molar-refractivity contribution in [2.45, 2.75) is 36.7 Å². The van der Waals surface area contributed by atoms with Gasteiger partial charge in [0.15, 0.2) is 9.84 Å². The first-order valence-electron chi connectivity index (χ1n) is 6.65. The maximum atomic E-state index is 12.4. The molecule has 2 atom stereocenters. The van der Waals surface area contributed by atoms with Crippen LogP contribution in [0.2, 0.25) is 0 Å². The Balaban J connectivity index is 2.26. The molecule has 1 aromatic carbocycles. The summed E-state index contributed by atoms with van der Waals surface area (Å²) in [4.78, 5) is 22.9. The second-order valence-electron chi connectivity index (χ2n) is 5.17. The van der Waals surface area contributed by atoms with Gasteiger partial charge >= 0.3 is 5.97 Å². The lowest BCUT2D eigenvalue weighted by atomic mass is 10.1. The second-order valence-corrected chi connectivity index (χ2v) is 7.72. The molecule has 2 N–H and O–H groups in total. The molecule has 6 nitrogen and oxygen atoms in total. The fourth-order valence-corrected chi connectivity index (χ4v) is 4.19.